The number of phenolic OH excluding ortho intramolecular Hbond substituents is 1. The lowest BCUT2D eigenvalue weighted by molar-refractivity contribution is -0.141. The predicted octanol–water partition coefficient (Wildman–Crippen LogP) is 3.72. The number of carbonyl (C=O) groups is 4. The summed E-state index contributed by atoms with van der Waals surface area (Å²) in [6, 6.07) is 12.8. The molecular weight excluding hydrogens is 534 g/mol. The molecule has 0 radical (unpaired) electrons. The lowest BCUT2D eigenvalue weighted by atomic mass is 9.56. The number of aromatic hydroxyl groups is 1. The number of hydrogen-bond donors (Lipinski definition) is 1. The van der Waals surface area contributed by atoms with Gasteiger partial charge in [-0.15, -0.1) is 23.2 Å². The molecule has 0 aromatic heterocycles. The van der Waals surface area contributed by atoms with Gasteiger partial charge < -0.3 is 5.11 Å². The van der Waals surface area contributed by atoms with Gasteiger partial charge >= 0.3 is 0 Å². The third kappa shape index (κ3) is 3.13. The van der Waals surface area contributed by atoms with Gasteiger partial charge in [-0.25, -0.2) is 4.39 Å². The van der Waals surface area contributed by atoms with Gasteiger partial charge in [0.2, 0.25) is 11.8 Å². The zero-order valence-electron chi connectivity index (χ0n) is 20.2. The largest absolute Gasteiger partial charge is 0.505 e. The van der Waals surface area contributed by atoms with Gasteiger partial charge in [0.05, 0.1) is 18.4 Å². The Hall–Kier alpha value is -3.23. The van der Waals surface area contributed by atoms with E-state index in [4.69, 9.17) is 23.2 Å². The van der Waals surface area contributed by atoms with Crippen LogP contribution in [0.2, 0.25) is 0 Å². The topological polar surface area (TPSA) is 95.0 Å². The number of imide groups is 2. The quantitative estimate of drug-likeness (QED) is 0.353. The molecule has 196 valence electrons. The highest BCUT2D eigenvalue weighted by Gasteiger charge is 2.75. The van der Waals surface area contributed by atoms with Crippen LogP contribution in [0.1, 0.15) is 29.9 Å². The van der Waals surface area contributed by atoms with Crippen LogP contribution >= 0.6 is 23.2 Å². The molecular formula is C28H23Cl2FN2O5. The van der Waals surface area contributed by atoms with E-state index in [1.807, 2.05) is 30.3 Å². The lowest BCUT2D eigenvalue weighted by Gasteiger charge is -2.50. The molecule has 3 fully saturated rings. The van der Waals surface area contributed by atoms with Crippen LogP contribution in [0.15, 0.2) is 60.2 Å². The Labute approximate surface area is 227 Å². The summed E-state index contributed by atoms with van der Waals surface area (Å²) in [5.41, 5.74) is 1.61. The summed E-state index contributed by atoms with van der Waals surface area (Å²) in [5.74, 6) is -6.81. The minimum atomic E-state index is -1.99. The van der Waals surface area contributed by atoms with Crippen molar-refractivity contribution in [2.75, 3.05) is 7.05 Å². The van der Waals surface area contributed by atoms with Crippen LogP contribution in [0.3, 0.4) is 0 Å². The Kier molecular flexibility index (Phi) is 5.53. The molecule has 0 spiro atoms. The predicted molar refractivity (Wildman–Crippen MR) is 136 cm³/mol. The molecule has 7 nitrogen and oxygen atoms in total. The van der Waals surface area contributed by atoms with Crippen LogP contribution in [-0.4, -0.2) is 55.3 Å². The molecule has 6 rings (SSSR count). The number of hydrogen-bond acceptors (Lipinski definition) is 5. The summed E-state index contributed by atoms with van der Waals surface area (Å²) in [4.78, 5) is 52.3. The Morgan fingerprint density at radius 1 is 1.00 bits per heavy atom. The molecule has 0 bridgehead atoms. The highest BCUT2D eigenvalue weighted by atomic mass is 35.5. The summed E-state index contributed by atoms with van der Waals surface area (Å²) in [6.45, 7) is 0.117. The molecule has 1 N–H and O–H groups in total. The number of amides is 4. The zero-order valence-corrected chi connectivity index (χ0v) is 21.7. The van der Waals surface area contributed by atoms with E-state index in [1.54, 1.807) is 6.08 Å². The highest BCUT2D eigenvalue weighted by molar-refractivity contribution is 6.53. The maximum Gasteiger partial charge on any atom is 0.253 e. The van der Waals surface area contributed by atoms with Gasteiger partial charge in [-0.1, -0.05) is 48.0 Å². The molecule has 2 aliphatic heterocycles. The van der Waals surface area contributed by atoms with Crippen molar-refractivity contribution in [1.29, 1.82) is 0 Å². The number of halogens is 3. The zero-order chi connectivity index (χ0) is 27.1. The SMILES string of the molecule is CN1C(=O)[C@]2(Cl)C[C@@H]3C(=CC[C@@H]4C(=O)N(Cc5ccccc5)C(=O)[C@@H]43)[C@H](c3ccc(O)c(F)c3)[C@]2(Cl)C1=O. The fourth-order valence-electron chi connectivity index (χ4n) is 6.81. The molecule has 2 saturated heterocycles. The second-order valence-corrected chi connectivity index (χ2v) is 11.7. The fraction of sp³-hybridized carbons (Fsp3) is 0.357. The Balaban J connectivity index is 1.48. The Morgan fingerprint density at radius 2 is 1.71 bits per heavy atom. The van der Waals surface area contributed by atoms with Gasteiger partial charge in [-0.2, -0.15) is 0 Å². The van der Waals surface area contributed by atoms with Gasteiger partial charge in [0.1, 0.15) is 0 Å². The minimum absolute atomic E-state index is 0.117. The average molecular weight is 557 g/mol. The molecule has 2 aliphatic carbocycles. The van der Waals surface area contributed by atoms with Crippen molar-refractivity contribution < 1.29 is 28.7 Å². The number of nitrogens with zero attached hydrogens (tertiary/aromatic N) is 2. The van der Waals surface area contributed by atoms with Crippen molar-refractivity contribution in [2.24, 2.45) is 17.8 Å². The van der Waals surface area contributed by atoms with E-state index >= 15 is 0 Å². The number of phenols is 1. The number of benzene rings is 2. The number of rotatable bonds is 3. The molecule has 2 heterocycles. The monoisotopic (exact) mass is 556 g/mol. The van der Waals surface area contributed by atoms with Crippen molar-refractivity contribution in [1.82, 2.24) is 9.80 Å². The van der Waals surface area contributed by atoms with Crippen molar-refractivity contribution >= 4 is 46.8 Å². The third-order valence-corrected chi connectivity index (χ3v) is 10.0. The van der Waals surface area contributed by atoms with Gasteiger partial charge in [0, 0.05) is 13.0 Å². The van der Waals surface area contributed by atoms with Crippen LogP contribution in [0.4, 0.5) is 4.39 Å². The molecule has 1 saturated carbocycles. The van der Waals surface area contributed by atoms with Crippen LogP contribution in [0.25, 0.3) is 0 Å². The molecule has 0 unspecified atom stereocenters. The fourth-order valence-corrected chi connectivity index (χ4v) is 7.83. The number of likely N-dealkylation sites (tertiary alicyclic amines) is 2. The summed E-state index contributed by atoms with van der Waals surface area (Å²) in [7, 11) is 1.29. The van der Waals surface area contributed by atoms with E-state index < -0.39 is 56.8 Å². The van der Waals surface area contributed by atoms with Crippen molar-refractivity contribution in [3.63, 3.8) is 0 Å². The van der Waals surface area contributed by atoms with Crippen LogP contribution in [0.5, 0.6) is 5.75 Å². The van der Waals surface area contributed by atoms with Crippen LogP contribution < -0.4 is 0 Å². The van der Waals surface area contributed by atoms with E-state index in [0.29, 0.717) is 5.57 Å². The minimum Gasteiger partial charge on any atom is -0.505 e. The highest BCUT2D eigenvalue weighted by Crippen LogP contribution is 2.65. The summed E-state index contributed by atoms with van der Waals surface area (Å²) in [6.07, 6.45) is 1.88. The maximum atomic E-state index is 14.5. The Morgan fingerprint density at radius 3 is 2.39 bits per heavy atom. The number of carbonyl (C=O) groups excluding carboxylic acids is 4. The van der Waals surface area contributed by atoms with Crippen LogP contribution in [0, 0.1) is 23.6 Å². The molecule has 2 aromatic rings. The second-order valence-electron chi connectivity index (χ2n) is 10.5. The first-order valence-corrected chi connectivity index (χ1v) is 13.0. The lowest BCUT2D eigenvalue weighted by Crippen LogP contribution is -2.60. The van der Waals surface area contributed by atoms with E-state index in [0.717, 1.165) is 22.6 Å². The number of fused-ring (bicyclic) bond motifs is 4. The second kappa shape index (κ2) is 8.38. The van der Waals surface area contributed by atoms with Crippen LogP contribution in [-0.2, 0) is 25.7 Å². The van der Waals surface area contributed by atoms with Gasteiger partial charge in [0.15, 0.2) is 21.3 Å². The van der Waals surface area contributed by atoms with Crippen molar-refractivity contribution in [3.05, 3.63) is 77.1 Å². The summed E-state index contributed by atoms with van der Waals surface area (Å²) < 4.78 is 14.5. The van der Waals surface area contributed by atoms with Crippen molar-refractivity contribution in [3.8, 4) is 5.75 Å². The smallest absolute Gasteiger partial charge is 0.253 e. The van der Waals surface area contributed by atoms with E-state index in [1.165, 1.54) is 18.0 Å². The van der Waals surface area contributed by atoms with Crippen molar-refractivity contribution in [2.45, 2.75) is 35.1 Å². The van der Waals surface area contributed by atoms with E-state index in [-0.39, 0.29) is 36.8 Å². The normalized spacial score (nSPS) is 34.3. The van der Waals surface area contributed by atoms with E-state index in [9.17, 15) is 28.7 Å². The Bertz CT molecular complexity index is 1450. The first-order chi connectivity index (χ1) is 18.0. The van der Waals surface area contributed by atoms with E-state index in [2.05, 4.69) is 0 Å². The summed E-state index contributed by atoms with van der Waals surface area (Å²) >= 11 is 14.1. The first-order valence-electron chi connectivity index (χ1n) is 12.3. The maximum absolute atomic E-state index is 14.5. The van der Waals surface area contributed by atoms with Gasteiger partial charge in [0.25, 0.3) is 11.8 Å². The van der Waals surface area contributed by atoms with Gasteiger partial charge in [-0.3, -0.25) is 29.0 Å². The molecule has 2 aromatic carbocycles. The molecule has 38 heavy (non-hydrogen) atoms. The average Bonchev–Trinajstić information content (AvgIpc) is 3.21. The molecule has 4 amide bonds. The molecule has 6 atom stereocenters. The third-order valence-electron chi connectivity index (χ3n) is 8.59. The summed E-state index contributed by atoms with van der Waals surface area (Å²) in [5, 5.41) is 9.78. The number of alkyl halides is 2. The first kappa shape index (κ1) is 25.1. The molecule has 10 heteroatoms. The number of allylic oxidation sites excluding steroid dienone is 2. The standard InChI is InChI=1S/C28H23Cl2FN2O5/c1-32-25(37)27(29)12-18-16(22(28(27,30)26(32)38)15-7-10-20(34)19(31)11-15)8-9-17-21(18)24(36)33(23(17)35)13-14-5-3-2-4-6-14/h2-8,10-11,17-18,21-22,34H,9,12-13H2,1H3/t17-,18+,21-,22-,27+,28-/m0/s1. The van der Waals surface area contributed by atoms with Gasteiger partial charge in [-0.05, 0) is 42.0 Å². The molecule has 4 aliphatic rings.